The number of fused-ring (bicyclic) bond motifs is 2. The van der Waals surface area contributed by atoms with Crippen LogP contribution in [0.1, 0.15) is 76.8 Å². The summed E-state index contributed by atoms with van der Waals surface area (Å²) in [5.41, 5.74) is 3.24. The molecule has 1 aromatic carbocycles. The Balaban J connectivity index is 1.32. The van der Waals surface area contributed by atoms with Gasteiger partial charge in [0.1, 0.15) is 11.9 Å². The van der Waals surface area contributed by atoms with E-state index < -0.39 is 0 Å². The standard InChI is InChI=1S/C28H39N3O3/c1-3-4-10-25-24(19-11-13-22(14-12-19)33-21-8-6-5-7-9-21)18-28(30-29-25)34-23-15-20-16-27(32)26(17-23)31(20)2/h11-14,18,20-21,23,26-27,32H,3-10,15-17H2,1-2H3/t20?,23-,26?,27+/m0/s1. The monoisotopic (exact) mass is 465 g/mol. The number of rotatable bonds is 8. The lowest BCUT2D eigenvalue weighted by atomic mass is 9.97. The van der Waals surface area contributed by atoms with Crippen molar-refractivity contribution in [1.82, 2.24) is 15.1 Å². The first kappa shape index (κ1) is 23.6. The van der Waals surface area contributed by atoms with E-state index in [0.29, 0.717) is 18.0 Å². The molecule has 1 N–H and O–H groups in total. The number of aliphatic hydroxyl groups is 1. The third kappa shape index (κ3) is 5.23. The SMILES string of the molecule is CCCCc1nnc(O[C@H]2CC3C[C@@H](O)C(C2)N3C)cc1-c1ccc(OC2CCCCC2)cc1. The Hall–Kier alpha value is -2.18. The number of hydrogen-bond donors (Lipinski definition) is 1. The molecule has 1 saturated carbocycles. The molecule has 3 fully saturated rings. The van der Waals surface area contributed by atoms with E-state index in [1.807, 2.05) is 0 Å². The normalized spacial score (nSPS) is 27.6. The maximum Gasteiger partial charge on any atom is 0.234 e. The van der Waals surface area contributed by atoms with Gasteiger partial charge < -0.3 is 14.6 Å². The van der Waals surface area contributed by atoms with Crippen LogP contribution in [0, 0.1) is 0 Å². The van der Waals surface area contributed by atoms with Gasteiger partial charge in [-0.25, -0.2) is 0 Å². The Kier molecular flexibility index (Phi) is 7.35. The third-order valence-corrected chi connectivity index (χ3v) is 8.02. The number of piperidine rings is 1. The number of ether oxygens (including phenoxy) is 2. The Morgan fingerprint density at radius 3 is 2.50 bits per heavy atom. The molecule has 2 unspecified atom stereocenters. The van der Waals surface area contributed by atoms with Crippen molar-refractivity contribution in [2.75, 3.05) is 7.05 Å². The Labute approximate surface area is 203 Å². The predicted octanol–water partition coefficient (Wildman–Crippen LogP) is 5.17. The molecule has 1 aliphatic carbocycles. The van der Waals surface area contributed by atoms with Gasteiger partial charge in [0.25, 0.3) is 0 Å². The predicted molar refractivity (Wildman–Crippen MR) is 133 cm³/mol. The number of aromatic nitrogens is 2. The molecule has 2 aromatic rings. The maximum absolute atomic E-state index is 10.4. The molecule has 4 atom stereocenters. The lowest BCUT2D eigenvalue weighted by Gasteiger charge is -2.36. The Morgan fingerprint density at radius 2 is 1.76 bits per heavy atom. The fourth-order valence-corrected chi connectivity index (χ4v) is 5.99. The number of benzene rings is 1. The van der Waals surface area contributed by atoms with Crippen LogP contribution in [-0.2, 0) is 6.42 Å². The van der Waals surface area contributed by atoms with E-state index in [4.69, 9.17) is 9.47 Å². The van der Waals surface area contributed by atoms with Crippen LogP contribution in [0.2, 0.25) is 0 Å². The van der Waals surface area contributed by atoms with Crippen molar-refractivity contribution in [2.45, 2.75) is 108 Å². The molecule has 5 rings (SSSR count). The summed E-state index contributed by atoms with van der Waals surface area (Å²) in [5.74, 6) is 1.53. The van der Waals surface area contributed by atoms with Crippen LogP contribution in [-0.4, -0.2) is 57.6 Å². The van der Waals surface area contributed by atoms with Crippen molar-refractivity contribution in [2.24, 2.45) is 0 Å². The highest BCUT2D eigenvalue weighted by Crippen LogP contribution is 2.37. The zero-order chi connectivity index (χ0) is 23.5. The zero-order valence-electron chi connectivity index (χ0n) is 20.7. The molecule has 184 valence electrons. The van der Waals surface area contributed by atoms with Gasteiger partial charge in [-0.2, -0.15) is 5.10 Å². The fourth-order valence-electron chi connectivity index (χ4n) is 5.99. The van der Waals surface area contributed by atoms with E-state index in [1.165, 1.54) is 19.3 Å². The molecule has 0 spiro atoms. The van der Waals surface area contributed by atoms with Crippen molar-refractivity contribution in [3.63, 3.8) is 0 Å². The van der Waals surface area contributed by atoms with Gasteiger partial charge in [0.05, 0.1) is 17.9 Å². The number of hydrogen-bond acceptors (Lipinski definition) is 6. The van der Waals surface area contributed by atoms with Gasteiger partial charge in [-0.05, 0) is 69.7 Å². The quantitative estimate of drug-likeness (QED) is 0.580. The van der Waals surface area contributed by atoms with Crippen LogP contribution in [0.15, 0.2) is 30.3 Å². The summed E-state index contributed by atoms with van der Waals surface area (Å²) in [7, 11) is 2.11. The highest BCUT2D eigenvalue weighted by Gasteiger charge is 2.45. The molecule has 0 radical (unpaired) electrons. The molecule has 34 heavy (non-hydrogen) atoms. The van der Waals surface area contributed by atoms with Gasteiger partial charge in [0.2, 0.25) is 5.88 Å². The van der Waals surface area contributed by atoms with E-state index in [2.05, 4.69) is 59.4 Å². The van der Waals surface area contributed by atoms with Gasteiger partial charge in [-0.15, -0.1) is 5.10 Å². The first-order chi connectivity index (χ1) is 16.6. The van der Waals surface area contributed by atoms with E-state index >= 15 is 0 Å². The zero-order valence-corrected chi connectivity index (χ0v) is 20.7. The van der Waals surface area contributed by atoms with Crippen LogP contribution in [0.3, 0.4) is 0 Å². The maximum atomic E-state index is 10.4. The summed E-state index contributed by atoms with van der Waals surface area (Å²) in [6.45, 7) is 2.20. The first-order valence-corrected chi connectivity index (χ1v) is 13.3. The Bertz CT molecular complexity index is 944. The lowest BCUT2D eigenvalue weighted by molar-refractivity contribution is 0.0379. The van der Waals surface area contributed by atoms with E-state index in [1.54, 1.807) is 0 Å². The minimum atomic E-state index is -0.254. The van der Waals surface area contributed by atoms with Gasteiger partial charge in [-0.3, -0.25) is 4.90 Å². The molecule has 2 saturated heterocycles. The first-order valence-electron chi connectivity index (χ1n) is 13.3. The lowest BCUT2D eigenvalue weighted by Crippen LogP contribution is -2.45. The molecule has 3 heterocycles. The van der Waals surface area contributed by atoms with Crippen LogP contribution < -0.4 is 9.47 Å². The molecule has 6 nitrogen and oxygen atoms in total. The highest BCUT2D eigenvalue weighted by molar-refractivity contribution is 5.67. The molecule has 3 aliphatic rings. The number of nitrogens with zero attached hydrogens (tertiary/aromatic N) is 3. The van der Waals surface area contributed by atoms with Crippen molar-refractivity contribution in [1.29, 1.82) is 0 Å². The summed E-state index contributed by atoms with van der Waals surface area (Å²) in [6, 6.07) is 11.1. The molecule has 2 bridgehead atoms. The smallest absolute Gasteiger partial charge is 0.234 e. The third-order valence-electron chi connectivity index (χ3n) is 8.02. The Morgan fingerprint density at radius 1 is 0.971 bits per heavy atom. The van der Waals surface area contributed by atoms with Crippen molar-refractivity contribution >= 4 is 0 Å². The fraction of sp³-hybridized carbons (Fsp3) is 0.643. The second-order valence-corrected chi connectivity index (χ2v) is 10.4. The van der Waals surface area contributed by atoms with Crippen molar-refractivity contribution in [3.8, 4) is 22.8 Å². The molecule has 1 aromatic heterocycles. The largest absolute Gasteiger partial charge is 0.490 e. The summed E-state index contributed by atoms with van der Waals surface area (Å²) in [6.07, 6.45) is 12.1. The average molecular weight is 466 g/mol. The van der Waals surface area contributed by atoms with Crippen molar-refractivity contribution in [3.05, 3.63) is 36.0 Å². The number of aliphatic hydroxyl groups excluding tert-OH is 1. The van der Waals surface area contributed by atoms with Crippen LogP contribution in [0.25, 0.3) is 11.1 Å². The van der Waals surface area contributed by atoms with Gasteiger partial charge in [0, 0.05) is 36.6 Å². The van der Waals surface area contributed by atoms with Crippen molar-refractivity contribution < 1.29 is 14.6 Å². The summed E-state index contributed by atoms with van der Waals surface area (Å²) in [5, 5.41) is 19.4. The second kappa shape index (κ2) is 10.6. The number of aryl methyl sites for hydroxylation is 1. The molecule has 6 heteroatoms. The average Bonchev–Trinajstić information content (AvgIpc) is 3.00. The van der Waals surface area contributed by atoms with Crippen LogP contribution >= 0.6 is 0 Å². The molecule has 0 amide bonds. The van der Waals surface area contributed by atoms with Crippen LogP contribution in [0.4, 0.5) is 0 Å². The summed E-state index contributed by atoms with van der Waals surface area (Å²) < 4.78 is 12.6. The summed E-state index contributed by atoms with van der Waals surface area (Å²) >= 11 is 0. The van der Waals surface area contributed by atoms with E-state index in [0.717, 1.165) is 73.9 Å². The number of unbranched alkanes of at least 4 members (excludes halogenated alkanes) is 1. The van der Waals surface area contributed by atoms with E-state index in [9.17, 15) is 5.11 Å². The summed E-state index contributed by atoms with van der Waals surface area (Å²) in [4.78, 5) is 2.31. The van der Waals surface area contributed by atoms with E-state index in [-0.39, 0.29) is 18.2 Å². The molecular weight excluding hydrogens is 426 g/mol. The molecule has 2 aliphatic heterocycles. The minimum absolute atomic E-state index is 0.0678. The topological polar surface area (TPSA) is 67.7 Å². The van der Waals surface area contributed by atoms with Gasteiger partial charge in [0.15, 0.2) is 0 Å². The second-order valence-electron chi connectivity index (χ2n) is 10.4. The van der Waals surface area contributed by atoms with Gasteiger partial charge in [-0.1, -0.05) is 31.9 Å². The minimum Gasteiger partial charge on any atom is -0.490 e. The number of likely N-dealkylation sites (N-methyl/N-ethyl adjacent to an activating group) is 1. The highest BCUT2D eigenvalue weighted by atomic mass is 16.5. The van der Waals surface area contributed by atoms with Gasteiger partial charge >= 0.3 is 0 Å². The van der Waals surface area contributed by atoms with Crippen LogP contribution in [0.5, 0.6) is 11.6 Å². The molecular formula is C28H39N3O3.